The zero-order valence-corrected chi connectivity index (χ0v) is 11.9. The zero-order valence-electron chi connectivity index (χ0n) is 11.9. The summed E-state index contributed by atoms with van der Waals surface area (Å²) in [5.41, 5.74) is 0.984. The predicted molar refractivity (Wildman–Crippen MR) is 77.7 cm³/mol. The summed E-state index contributed by atoms with van der Waals surface area (Å²) in [6, 6.07) is 4.91. The van der Waals surface area contributed by atoms with Crippen LogP contribution in [0, 0.1) is 0 Å². The Balaban J connectivity index is 2.00. The van der Waals surface area contributed by atoms with Gasteiger partial charge >= 0.3 is 0 Å². The van der Waals surface area contributed by atoms with E-state index in [0.717, 1.165) is 25.0 Å². The first-order valence-electron chi connectivity index (χ1n) is 7.32. The van der Waals surface area contributed by atoms with Crippen LogP contribution in [0.2, 0.25) is 0 Å². The highest BCUT2D eigenvalue weighted by Crippen LogP contribution is 2.24. The van der Waals surface area contributed by atoms with Crippen LogP contribution in [0.4, 0.5) is 0 Å². The molecule has 0 bridgehead atoms. The number of benzene rings is 1. The van der Waals surface area contributed by atoms with Crippen LogP contribution in [0.1, 0.15) is 51.0 Å². The third-order valence-electron chi connectivity index (χ3n) is 3.22. The Labute approximate surface area is 116 Å². The van der Waals surface area contributed by atoms with Crippen molar-refractivity contribution in [1.29, 1.82) is 0 Å². The number of hydrogen-bond acceptors (Lipinski definition) is 3. The van der Waals surface area contributed by atoms with Gasteiger partial charge in [0.05, 0.1) is 6.61 Å². The van der Waals surface area contributed by atoms with E-state index < -0.39 is 0 Å². The van der Waals surface area contributed by atoms with Gasteiger partial charge in [-0.3, -0.25) is 0 Å². The van der Waals surface area contributed by atoms with Crippen molar-refractivity contribution >= 4 is 0 Å². The van der Waals surface area contributed by atoms with E-state index in [4.69, 9.17) is 4.74 Å². The Morgan fingerprint density at radius 1 is 0.895 bits per heavy atom. The molecule has 0 aliphatic carbocycles. The first-order valence-corrected chi connectivity index (χ1v) is 7.32. The molecule has 0 saturated carbocycles. The first-order chi connectivity index (χ1) is 9.24. The molecule has 0 amide bonds. The fourth-order valence-electron chi connectivity index (χ4n) is 2.00. The molecule has 0 aromatic heterocycles. The molecule has 0 fully saturated rings. The van der Waals surface area contributed by atoms with Gasteiger partial charge in [0.15, 0.2) is 11.5 Å². The Morgan fingerprint density at radius 2 is 1.63 bits per heavy atom. The predicted octanol–water partition coefficient (Wildman–Crippen LogP) is 4.02. The third-order valence-corrected chi connectivity index (χ3v) is 3.22. The molecular weight excluding hydrogens is 240 g/mol. The molecule has 1 rings (SSSR count). The summed E-state index contributed by atoms with van der Waals surface area (Å²) >= 11 is 0. The normalized spacial score (nSPS) is 10.8. The van der Waals surface area contributed by atoms with Crippen LogP contribution in [0.3, 0.4) is 0 Å². The summed E-state index contributed by atoms with van der Waals surface area (Å²) in [6.07, 6.45) is 8.42. The molecule has 2 N–H and O–H groups in total. The standard InChI is InChI=1S/C16H26O3/c1-2-3-4-5-6-7-11-19-12-10-14-8-9-15(17)16(18)13-14/h8-9,13,17-18H,2-7,10-12H2,1H3. The van der Waals surface area contributed by atoms with E-state index in [1.165, 1.54) is 38.2 Å². The number of rotatable bonds is 10. The molecule has 0 aliphatic heterocycles. The van der Waals surface area contributed by atoms with Crippen LogP contribution in [0.5, 0.6) is 11.5 Å². The number of phenols is 2. The fraction of sp³-hybridized carbons (Fsp3) is 0.625. The zero-order chi connectivity index (χ0) is 13.9. The van der Waals surface area contributed by atoms with Gasteiger partial charge in [0.2, 0.25) is 0 Å². The third kappa shape index (κ3) is 7.06. The van der Waals surface area contributed by atoms with Crippen LogP contribution >= 0.6 is 0 Å². The molecule has 1 aromatic carbocycles. The van der Waals surface area contributed by atoms with Gasteiger partial charge in [0, 0.05) is 6.61 Å². The molecule has 0 saturated heterocycles. The molecule has 0 radical (unpaired) electrons. The lowest BCUT2D eigenvalue weighted by Crippen LogP contribution is -2.00. The van der Waals surface area contributed by atoms with E-state index in [2.05, 4.69) is 6.92 Å². The van der Waals surface area contributed by atoms with Gasteiger partial charge in [0.1, 0.15) is 0 Å². The molecular formula is C16H26O3. The molecule has 0 spiro atoms. The average molecular weight is 266 g/mol. The van der Waals surface area contributed by atoms with Crippen LogP contribution < -0.4 is 0 Å². The van der Waals surface area contributed by atoms with Crippen molar-refractivity contribution in [3.8, 4) is 11.5 Å². The maximum atomic E-state index is 9.35. The average Bonchev–Trinajstić information content (AvgIpc) is 2.41. The number of hydrogen-bond donors (Lipinski definition) is 2. The summed E-state index contributed by atoms with van der Waals surface area (Å²) in [5, 5.41) is 18.5. The van der Waals surface area contributed by atoms with E-state index in [-0.39, 0.29) is 11.5 Å². The van der Waals surface area contributed by atoms with E-state index in [9.17, 15) is 10.2 Å². The quantitative estimate of drug-likeness (QED) is 0.497. The van der Waals surface area contributed by atoms with Gasteiger partial charge < -0.3 is 14.9 Å². The maximum Gasteiger partial charge on any atom is 0.157 e. The van der Waals surface area contributed by atoms with Crippen molar-refractivity contribution in [2.45, 2.75) is 51.9 Å². The minimum absolute atomic E-state index is 0.0616. The molecule has 108 valence electrons. The van der Waals surface area contributed by atoms with E-state index in [1.807, 2.05) is 6.07 Å². The Morgan fingerprint density at radius 3 is 2.37 bits per heavy atom. The molecule has 0 unspecified atom stereocenters. The summed E-state index contributed by atoms with van der Waals surface area (Å²) < 4.78 is 5.57. The second kappa shape index (κ2) is 9.68. The van der Waals surface area contributed by atoms with Crippen molar-refractivity contribution in [2.75, 3.05) is 13.2 Å². The number of phenolic OH excluding ortho intramolecular Hbond substituents is 2. The minimum atomic E-state index is -0.0725. The summed E-state index contributed by atoms with van der Waals surface area (Å²) in [6.45, 7) is 3.71. The van der Waals surface area contributed by atoms with Crippen LogP contribution in [0.25, 0.3) is 0 Å². The smallest absolute Gasteiger partial charge is 0.157 e. The highest BCUT2D eigenvalue weighted by Gasteiger charge is 2.00. The number of aromatic hydroxyl groups is 2. The maximum absolute atomic E-state index is 9.35. The molecule has 0 heterocycles. The van der Waals surface area contributed by atoms with Crippen LogP contribution in [-0.2, 0) is 11.2 Å². The fourth-order valence-corrected chi connectivity index (χ4v) is 2.00. The molecule has 0 aliphatic rings. The van der Waals surface area contributed by atoms with Gasteiger partial charge in [-0.05, 0) is 30.5 Å². The lowest BCUT2D eigenvalue weighted by molar-refractivity contribution is 0.132. The van der Waals surface area contributed by atoms with Crippen molar-refractivity contribution in [1.82, 2.24) is 0 Å². The second-order valence-electron chi connectivity index (χ2n) is 4.95. The monoisotopic (exact) mass is 266 g/mol. The van der Waals surface area contributed by atoms with Crippen LogP contribution in [-0.4, -0.2) is 23.4 Å². The number of unbranched alkanes of at least 4 members (excludes halogenated alkanes) is 5. The van der Waals surface area contributed by atoms with Gasteiger partial charge in [-0.2, -0.15) is 0 Å². The SMILES string of the molecule is CCCCCCCCOCCc1ccc(O)c(O)c1. The Bertz CT molecular complexity index is 350. The van der Waals surface area contributed by atoms with Crippen molar-refractivity contribution < 1.29 is 14.9 Å². The molecule has 3 heteroatoms. The first kappa shape index (κ1) is 15.8. The largest absolute Gasteiger partial charge is 0.504 e. The number of ether oxygens (including phenoxy) is 1. The van der Waals surface area contributed by atoms with Crippen molar-refractivity contribution in [3.63, 3.8) is 0 Å². The van der Waals surface area contributed by atoms with E-state index in [1.54, 1.807) is 6.07 Å². The highest BCUT2D eigenvalue weighted by atomic mass is 16.5. The van der Waals surface area contributed by atoms with E-state index >= 15 is 0 Å². The molecule has 0 atom stereocenters. The van der Waals surface area contributed by atoms with Gasteiger partial charge in [-0.25, -0.2) is 0 Å². The van der Waals surface area contributed by atoms with Gasteiger partial charge in [-0.15, -0.1) is 0 Å². The lowest BCUT2D eigenvalue weighted by atomic mass is 10.1. The summed E-state index contributed by atoms with van der Waals surface area (Å²) in [4.78, 5) is 0. The summed E-state index contributed by atoms with van der Waals surface area (Å²) in [7, 11) is 0. The lowest BCUT2D eigenvalue weighted by Gasteiger charge is -2.05. The van der Waals surface area contributed by atoms with Gasteiger partial charge in [0.25, 0.3) is 0 Å². The van der Waals surface area contributed by atoms with E-state index in [0.29, 0.717) is 6.61 Å². The Kier molecular flexibility index (Phi) is 8.07. The summed E-state index contributed by atoms with van der Waals surface area (Å²) in [5.74, 6) is -0.134. The van der Waals surface area contributed by atoms with Crippen LogP contribution in [0.15, 0.2) is 18.2 Å². The molecule has 19 heavy (non-hydrogen) atoms. The topological polar surface area (TPSA) is 49.7 Å². The van der Waals surface area contributed by atoms with Crippen molar-refractivity contribution in [2.24, 2.45) is 0 Å². The van der Waals surface area contributed by atoms with Crippen molar-refractivity contribution in [3.05, 3.63) is 23.8 Å². The second-order valence-corrected chi connectivity index (χ2v) is 4.95. The minimum Gasteiger partial charge on any atom is -0.504 e. The Hall–Kier alpha value is -1.22. The molecule has 3 nitrogen and oxygen atoms in total. The molecule has 1 aromatic rings. The highest BCUT2D eigenvalue weighted by molar-refractivity contribution is 5.40. The van der Waals surface area contributed by atoms with Gasteiger partial charge in [-0.1, -0.05) is 45.1 Å².